The van der Waals surface area contributed by atoms with Gasteiger partial charge in [0.15, 0.2) is 5.78 Å². The van der Waals surface area contributed by atoms with Crippen LogP contribution in [0.1, 0.15) is 58.2 Å². The zero-order chi connectivity index (χ0) is 20.5. The predicted octanol–water partition coefficient (Wildman–Crippen LogP) is 0.860. The molecule has 5 nitrogen and oxygen atoms in total. The largest absolute Gasteiger partial charge is 1.00 e. The van der Waals surface area contributed by atoms with Crippen LogP contribution >= 0.6 is 0 Å². The molecule has 0 radical (unpaired) electrons. The summed E-state index contributed by atoms with van der Waals surface area (Å²) in [6.45, 7) is 10.3. The van der Waals surface area contributed by atoms with E-state index in [4.69, 9.17) is 9.47 Å². The fraction of sp³-hybridized carbons (Fsp3) is 0.391. The lowest BCUT2D eigenvalue weighted by atomic mass is 9.82. The third-order valence-electron chi connectivity index (χ3n) is 6.10. The van der Waals surface area contributed by atoms with E-state index in [9.17, 15) is 9.59 Å². The first-order valence-electron chi connectivity index (χ1n) is 9.77. The lowest BCUT2D eigenvalue weighted by Gasteiger charge is -2.36. The van der Waals surface area contributed by atoms with E-state index in [1.54, 1.807) is 18.2 Å². The summed E-state index contributed by atoms with van der Waals surface area (Å²) in [5.41, 5.74) is 2.46. The van der Waals surface area contributed by atoms with Crippen molar-refractivity contribution in [2.75, 3.05) is 33.9 Å². The summed E-state index contributed by atoms with van der Waals surface area (Å²) in [7, 11) is 3.04. The second-order valence-electron chi connectivity index (χ2n) is 7.21. The maximum atomic E-state index is 13.3. The molecule has 0 aromatic heterocycles. The normalized spacial score (nSPS) is 12.7. The molecule has 0 fully saturated rings. The lowest BCUT2D eigenvalue weighted by molar-refractivity contribution is -0.936. The Morgan fingerprint density at radius 2 is 1.38 bits per heavy atom. The van der Waals surface area contributed by atoms with Crippen LogP contribution in [0.25, 0.3) is 0 Å². The van der Waals surface area contributed by atoms with Gasteiger partial charge in [-0.15, -0.1) is 0 Å². The highest BCUT2D eigenvalue weighted by Crippen LogP contribution is 2.38. The molecule has 6 heteroatoms. The Morgan fingerprint density at radius 3 is 1.93 bits per heavy atom. The highest BCUT2D eigenvalue weighted by atomic mass is 35.5. The van der Waals surface area contributed by atoms with Gasteiger partial charge in [-0.2, -0.15) is 0 Å². The van der Waals surface area contributed by atoms with E-state index in [1.165, 1.54) is 14.2 Å². The number of quaternary nitrogens is 1. The molecule has 3 rings (SSSR count). The first-order valence-corrected chi connectivity index (χ1v) is 9.77. The minimum atomic E-state index is -0.229. The Labute approximate surface area is 178 Å². The zero-order valence-electron chi connectivity index (χ0n) is 17.7. The molecule has 1 aliphatic carbocycles. The molecule has 0 heterocycles. The number of ether oxygens (including phenoxy) is 2. The summed E-state index contributed by atoms with van der Waals surface area (Å²) in [6.07, 6.45) is 0. The standard InChI is InChI=1S/C23H28NO4.ClH/c1-6-24(7-2,8-3)14-15-12-17-21(19(13-15)28-5)23(26)20-16(22(17)25)10-9-11-18(20)27-4;/h9-13H,6-8,14H2,1-5H3;1H/q+1;/p-1. The third-order valence-corrected chi connectivity index (χ3v) is 6.10. The molecule has 0 N–H and O–H groups in total. The lowest BCUT2D eigenvalue weighted by Crippen LogP contribution is -3.00. The summed E-state index contributed by atoms with van der Waals surface area (Å²) in [5, 5.41) is 0. The number of halogens is 1. The number of hydrogen-bond donors (Lipinski definition) is 0. The number of carbonyl (C=O) groups excluding carboxylic acids is 2. The highest BCUT2D eigenvalue weighted by molar-refractivity contribution is 6.30. The molecule has 2 aromatic rings. The van der Waals surface area contributed by atoms with Crippen molar-refractivity contribution in [2.45, 2.75) is 27.3 Å². The van der Waals surface area contributed by atoms with Gasteiger partial charge in [0.1, 0.15) is 18.0 Å². The quantitative estimate of drug-likeness (QED) is 0.535. The van der Waals surface area contributed by atoms with Gasteiger partial charge in [-0.25, -0.2) is 0 Å². The molecule has 0 atom stereocenters. The second kappa shape index (κ2) is 8.97. The number of carbonyl (C=O) groups is 2. The van der Waals surface area contributed by atoms with Crippen LogP contribution in [0.3, 0.4) is 0 Å². The molecule has 1 aliphatic rings. The van der Waals surface area contributed by atoms with Crippen molar-refractivity contribution in [1.29, 1.82) is 0 Å². The van der Waals surface area contributed by atoms with Crippen LogP contribution < -0.4 is 21.9 Å². The van der Waals surface area contributed by atoms with E-state index in [2.05, 4.69) is 20.8 Å². The molecule has 0 saturated heterocycles. The number of methoxy groups -OCH3 is 2. The fourth-order valence-corrected chi connectivity index (χ4v) is 4.13. The monoisotopic (exact) mass is 417 g/mol. The van der Waals surface area contributed by atoms with Crippen molar-refractivity contribution in [3.05, 3.63) is 58.1 Å². The first kappa shape index (κ1) is 22.9. The van der Waals surface area contributed by atoms with Gasteiger partial charge in [0.25, 0.3) is 0 Å². The van der Waals surface area contributed by atoms with Crippen molar-refractivity contribution in [3.63, 3.8) is 0 Å². The van der Waals surface area contributed by atoms with Gasteiger partial charge >= 0.3 is 0 Å². The molecule has 29 heavy (non-hydrogen) atoms. The molecule has 2 aromatic carbocycles. The predicted molar refractivity (Wildman–Crippen MR) is 108 cm³/mol. The van der Waals surface area contributed by atoms with Gasteiger partial charge in [-0.3, -0.25) is 9.59 Å². The zero-order valence-corrected chi connectivity index (χ0v) is 18.4. The van der Waals surface area contributed by atoms with Crippen LogP contribution in [-0.4, -0.2) is 49.9 Å². The van der Waals surface area contributed by atoms with Gasteiger partial charge < -0.3 is 26.4 Å². The van der Waals surface area contributed by atoms with Gasteiger partial charge in [-0.1, -0.05) is 12.1 Å². The van der Waals surface area contributed by atoms with Crippen LogP contribution in [0.15, 0.2) is 30.3 Å². The van der Waals surface area contributed by atoms with Crippen molar-refractivity contribution in [1.82, 2.24) is 0 Å². The van der Waals surface area contributed by atoms with Crippen LogP contribution in [-0.2, 0) is 6.54 Å². The van der Waals surface area contributed by atoms with E-state index >= 15 is 0 Å². The van der Waals surface area contributed by atoms with Crippen LogP contribution in [0.5, 0.6) is 11.5 Å². The van der Waals surface area contributed by atoms with Gasteiger partial charge in [0, 0.05) is 16.7 Å². The first-order chi connectivity index (χ1) is 13.4. The van der Waals surface area contributed by atoms with E-state index < -0.39 is 0 Å². The molecule has 0 bridgehead atoms. The maximum absolute atomic E-state index is 13.3. The highest BCUT2D eigenvalue weighted by Gasteiger charge is 2.36. The average Bonchev–Trinajstić information content (AvgIpc) is 2.74. The Bertz CT molecular complexity index is 926. The topological polar surface area (TPSA) is 52.6 Å². The molecule has 0 aliphatic heterocycles. The Hall–Kier alpha value is -2.37. The number of ketones is 2. The van der Waals surface area contributed by atoms with Crippen molar-refractivity contribution in [2.24, 2.45) is 0 Å². The Kier molecular flexibility index (Phi) is 7.09. The van der Waals surface area contributed by atoms with Crippen LogP contribution in [0, 0.1) is 0 Å². The van der Waals surface area contributed by atoms with Gasteiger partial charge in [0.2, 0.25) is 5.78 Å². The summed E-state index contributed by atoms with van der Waals surface area (Å²) < 4.78 is 11.8. The number of fused-ring (bicyclic) bond motifs is 2. The summed E-state index contributed by atoms with van der Waals surface area (Å²) in [4.78, 5) is 26.5. The van der Waals surface area contributed by atoms with Gasteiger partial charge in [-0.05, 0) is 39.0 Å². The summed E-state index contributed by atoms with van der Waals surface area (Å²) >= 11 is 0. The van der Waals surface area contributed by atoms with Crippen molar-refractivity contribution >= 4 is 11.6 Å². The molecule has 0 unspecified atom stereocenters. The van der Waals surface area contributed by atoms with Crippen molar-refractivity contribution in [3.8, 4) is 11.5 Å². The molecular formula is C23H28ClNO4. The third kappa shape index (κ3) is 3.77. The van der Waals surface area contributed by atoms with Crippen LogP contribution in [0.2, 0.25) is 0 Å². The molecule has 0 saturated carbocycles. The molecule has 156 valence electrons. The minimum absolute atomic E-state index is 0. The summed E-state index contributed by atoms with van der Waals surface area (Å²) in [5.74, 6) is 0.467. The maximum Gasteiger partial charge on any atom is 0.201 e. The Morgan fingerprint density at radius 1 is 0.793 bits per heavy atom. The average molecular weight is 418 g/mol. The van der Waals surface area contributed by atoms with E-state index in [1.807, 2.05) is 12.1 Å². The molecular weight excluding hydrogens is 390 g/mol. The summed E-state index contributed by atoms with van der Waals surface area (Å²) in [6, 6.07) is 8.89. The van der Waals surface area contributed by atoms with Gasteiger partial charge in [0.05, 0.1) is 45.0 Å². The molecule has 0 spiro atoms. The minimum Gasteiger partial charge on any atom is -1.00 e. The SMILES string of the molecule is CC[N+](CC)(CC)Cc1cc(OC)c2c(c1)C(=O)c1cccc(OC)c1C2=O.[Cl-]. The van der Waals surface area contributed by atoms with E-state index in [0.29, 0.717) is 33.8 Å². The Balaban J connectivity index is 0.00000300. The smallest absolute Gasteiger partial charge is 0.201 e. The number of benzene rings is 2. The van der Waals surface area contributed by atoms with E-state index in [-0.39, 0.29) is 24.0 Å². The van der Waals surface area contributed by atoms with Crippen molar-refractivity contribution < 1.29 is 36.0 Å². The number of nitrogens with zero attached hydrogens (tertiary/aromatic N) is 1. The fourth-order valence-electron chi connectivity index (χ4n) is 4.13. The molecule has 0 amide bonds. The number of hydrogen-bond acceptors (Lipinski definition) is 4. The second-order valence-corrected chi connectivity index (χ2v) is 7.21. The number of rotatable bonds is 7. The van der Waals surface area contributed by atoms with Crippen LogP contribution in [0.4, 0.5) is 0 Å². The van der Waals surface area contributed by atoms with E-state index in [0.717, 1.165) is 36.2 Å².